The Labute approximate surface area is 133 Å². The molecule has 0 saturated heterocycles. The third kappa shape index (κ3) is 6.03. The lowest BCUT2D eigenvalue weighted by molar-refractivity contribution is 0.00932. The largest absolute Gasteiger partial charge is 0.384 e. The van der Waals surface area contributed by atoms with Gasteiger partial charge >= 0.3 is 6.03 Å². The lowest BCUT2D eigenvalue weighted by Crippen LogP contribution is -2.47. The van der Waals surface area contributed by atoms with Crippen LogP contribution < -0.4 is 10.6 Å². The molecule has 5 heteroatoms. The van der Waals surface area contributed by atoms with E-state index in [4.69, 9.17) is 4.74 Å². The fraction of sp³-hybridized carbons (Fsp3) is 0.588. The van der Waals surface area contributed by atoms with E-state index in [0.717, 1.165) is 5.56 Å². The summed E-state index contributed by atoms with van der Waals surface area (Å²) in [6.07, 6.45) is 0.700. The van der Waals surface area contributed by atoms with E-state index < -0.39 is 5.60 Å². The maximum absolute atomic E-state index is 11.9. The van der Waals surface area contributed by atoms with Gasteiger partial charge in [0.25, 0.3) is 0 Å². The van der Waals surface area contributed by atoms with Crippen LogP contribution >= 0.6 is 0 Å². The van der Waals surface area contributed by atoms with Crippen molar-refractivity contribution in [3.8, 4) is 0 Å². The van der Waals surface area contributed by atoms with Crippen LogP contribution in [0.5, 0.6) is 0 Å². The van der Waals surface area contributed by atoms with Crippen LogP contribution in [0, 0.1) is 0 Å². The molecule has 2 unspecified atom stereocenters. The smallest absolute Gasteiger partial charge is 0.315 e. The topological polar surface area (TPSA) is 70.6 Å². The van der Waals surface area contributed by atoms with Crippen LogP contribution in [0.3, 0.4) is 0 Å². The Balaban J connectivity index is 2.46. The summed E-state index contributed by atoms with van der Waals surface area (Å²) in [6, 6.07) is 8.95. The van der Waals surface area contributed by atoms with Gasteiger partial charge < -0.3 is 20.5 Å². The summed E-state index contributed by atoms with van der Waals surface area (Å²) in [5.74, 6) is 0. The van der Waals surface area contributed by atoms with Gasteiger partial charge in [-0.05, 0) is 39.7 Å². The van der Waals surface area contributed by atoms with Gasteiger partial charge in [0, 0.05) is 13.2 Å². The minimum Gasteiger partial charge on any atom is -0.384 e. The summed E-state index contributed by atoms with van der Waals surface area (Å²) in [5.41, 5.74) is -0.626. The Hall–Kier alpha value is -1.59. The standard InChI is InChI=1S/C17H28N2O3/c1-13(11-16(2,3)22-5)19-15(20)18-12-17(4,21)14-9-7-6-8-10-14/h6-10,13,21H,11-12H2,1-5H3,(H2,18,19,20). The molecule has 1 aromatic carbocycles. The van der Waals surface area contributed by atoms with Crippen molar-refractivity contribution in [3.63, 3.8) is 0 Å². The van der Waals surface area contributed by atoms with Crippen molar-refractivity contribution >= 4 is 6.03 Å². The van der Waals surface area contributed by atoms with Gasteiger partial charge in [-0.15, -0.1) is 0 Å². The second kappa shape index (κ2) is 7.61. The molecule has 0 aliphatic carbocycles. The van der Waals surface area contributed by atoms with Crippen LogP contribution in [0.2, 0.25) is 0 Å². The molecular weight excluding hydrogens is 280 g/mol. The van der Waals surface area contributed by atoms with Crippen LogP contribution in [0.4, 0.5) is 4.79 Å². The molecule has 0 aliphatic heterocycles. The lowest BCUT2D eigenvalue weighted by Gasteiger charge is -2.28. The van der Waals surface area contributed by atoms with E-state index in [2.05, 4.69) is 10.6 Å². The molecule has 1 aromatic rings. The summed E-state index contributed by atoms with van der Waals surface area (Å²) in [6.45, 7) is 7.70. The monoisotopic (exact) mass is 308 g/mol. The zero-order valence-electron chi connectivity index (χ0n) is 14.1. The van der Waals surface area contributed by atoms with Crippen LogP contribution in [0.1, 0.15) is 39.7 Å². The zero-order valence-corrected chi connectivity index (χ0v) is 14.1. The Bertz CT molecular complexity index is 472. The van der Waals surface area contributed by atoms with Crippen LogP contribution in [-0.4, -0.2) is 36.4 Å². The number of amides is 2. The number of aliphatic hydroxyl groups is 1. The fourth-order valence-corrected chi connectivity index (χ4v) is 2.30. The molecule has 2 amide bonds. The van der Waals surface area contributed by atoms with Crippen molar-refractivity contribution < 1.29 is 14.6 Å². The average Bonchev–Trinajstić information content (AvgIpc) is 2.45. The quantitative estimate of drug-likeness (QED) is 0.724. The minimum atomic E-state index is -1.10. The molecule has 22 heavy (non-hydrogen) atoms. The van der Waals surface area contributed by atoms with E-state index in [0.29, 0.717) is 6.42 Å². The van der Waals surface area contributed by atoms with Gasteiger partial charge in [0.2, 0.25) is 0 Å². The summed E-state index contributed by atoms with van der Waals surface area (Å²) in [4.78, 5) is 11.9. The molecule has 0 fully saturated rings. The molecule has 0 aromatic heterocycles. The van der Waals surface area contributed by atoms with E-state index in [-0.39, 0.29) is 24.2 Å². The average molecular weight is 308 g/mol. The summed E-state index contributed by atoms with van der Waals surface area (Å²) in [7, 11) is 1.66. The van der Waals surface area contributed by atoms with Crippen LogP contribution in [-0.2, 0) is 10.3 Å². The van der Waals surface area contributed by atoms with Gasteiger partial charge in [-0.2, -0.15) is 0 Å². The van der Waals surface area contributed by atoms with E-state index in [1.54, 1.807) is 14.0 Å². The maximum Gasteiger partial charge on any atom is 0.315 e. The molecule has 5 nitrogen and oxygen atoms in total. The first-order chi connectivity index (χ1) is 10.2. The maximum atomic E-state index is 11.9. The Morgan fingerprint density at radius 1 is 1.27 bits per heavy atom. The number of benzene rings is 1. The first-order valence-electron chi connectivity index (χ1n) is 7.54. The molecule has 0 saturated carbocycles. The highest BCUT2D eigenvalue weighted by atomic mass is 16.5. The third-order valence-electron chi connectivity index (χ3n) is 3.72. The third-order valence-corrected chi connectivity index (χ3v) is 3.72. The van der Waals surface area contributed by atoms with Crippen molar-refractivity contribution in [3.05, 3.63) is 35.9 Å². The lowest BCUT2D eigenvalue weighted by atomic mass is 9.96. The van der Waals surface area contributed by atoms with Gasteiger partial charge in [-0.3, -0.25) is 0 Å². The number of methoxy groups -OCH3 is 1. The zero-order chi connectivity index (χ0) is 16.8. The molecule has 0 radical (unpaired) electrons. The van der Waals surface area contributed by atoms with Crippen molar-refractivity contribution in [2.45, 2.75) is 51.4 Å². The summed E-state index contributed by atoms with van der Waals surface area (Å²) >= 11 is 0. The van der Waals surface area contributed by atoms with Crippen molar-refractivity contribution in [1.82, 2.24) is 10.6 Å². The highest BCUT2D eigenvalue weighted by Gasteiger charge is 2.25. The van der Waals surface area contributed by atoms with Gasteiger partial charge in [0.1, 0.15) is 5.60 Å². The molecule has 0 aliphatic rings. The van der Waals surface area contributed by atoms with Gasteiger partial charge in [-0.1, -0.05) is 30.3 Å². The fourth-order valence-electron chi connectivity index (χ4n) is 2.30. The molecule has 2 atom stereocenters. The summed E-state index contributed by atoms with van der Waals surface area (Å²) in [5, 5.41) is 16.0. The molecule has 0 heterocycles. The Morgan fingerprint density at radius 3 is 2.41 bits per heavy atom. The molecule has 124 valence electrons. The summed E-state index contributed by atoms with van der Waals surface area (Å²) < 4.78 is 5.35. The van der Waals surface area contributed by atoms with E-state index in [1.165, 1.54) is 0 Å². The molecule has 1 rings (SSSR count). The Kier molecular flexibility index (Phi) is 6.38. The Morgan fingerprint density at radius 2 is 1.86 bits per heavy atom. The highest BCUT2D eigenvalue weighted by molar-refractivity contribution is 5.74. The number of hydrogen-bond donors (Lipinski definition) is 3. The number of carbonyl (C=O) groups is 1. The van der Waals surface area contributed by atoms with Crippen LogP contribution in [0.15, 0.2) is 30.3 Å². The highest BCUT2D eigenvalue weighted by Crippen LogP contribution is 2.19. The van der Waals surface area contributed by atoms with Gasteiger partial charge in [0.05, 0.1) is 12.1 Å². The van der Waals surface area contributed by atoms with Gasteiger partial charge in [0.15, 0.2) is 0 Å². The molecule has 3 N–H and O–H groups in total. The molecule has 0 bridgehead atoms. The van der Waals surface area contributed by atoms with Crippen LogP contribution in [0.25, 0.3) is 0 Å². The second-order valence-corrected chi connectivity index (χ2v) is 6.54. The predicted octanol–water partition coefficient (Wildman–Crippen LogP) is 2.40. The van der Waals surface area contributed by atoms with Crippen molar-refractivity contribution in [2.24, 2.45) is 0 Å². The normalized spacial score (nSPS) is 15.7. The van der Waals surface area contributed by atoms with Crippen molar-refractivity contribution in [2.75, 3.05) is 13.7 Å². The van der Waals surface area contributed by atoms with Crippen molar-refractivity contribution in [1.29, 1.82) is 0 Å². The molecule has 0 spiro atoms. The first kappa shape index (κ1) is 18.5. The first-order valence-corrected chi connectivity index (χ1v) is 7.54. The second-order valence-electron chi connectivity index (χ2n) is 6.54. The number of hydrogen-bond acceptors (Lipinski definition) is 3. The number of nitrogens with one attached hydrogen (secondary N) is 2. The predicted molar refractivity (Wildman–Crippen MR) is 87.7 cm³/mol. The molecular formula is C17H28N2O3. The van der Waals surface area contributed by atoms with E-state index >= 15 is 0 Å². The number of rotatable bonds is 7. The van der Waals surface area contributed by atoms with E-state index in [9.17, 15) is 9.90 Å². The number of urea groups is 1. The van der Waals surface area contributed by atoms with Gasteiger partial charge in [-0.25, -0.2) is 4.79 Å². The number of ether oxygens (including phenoxy) is 1. The minimum absolute atomic E-state index is 0.0309. The SMILES string of the molecule is COC(C)(C)CC(C)NC(=O)NCC(C)(O)c1ccccc1. The van der Waals surface area contributed by atoms with E-state index in [1.807, 2.05) is 51.1 Å². The number of carbonyl (C=O) groups excluding carboxylic acids is 1.